The summed E-state index contributed by atoms with van der Waals surface area (Å²) in [6.07, 6.45) is 0. The molecule has 0 saturated carbocycles. The molecule has 2 heteroatoms. The van der Waals surface area contributed by atoms with E-state index in [9.17, 15) is 4.79 Å². The molecule has 0 saturated heterocycles. The lowest BCUT2D eigenvalue weighted by Gasteiger charge is -1.95. The summed E-state index contributed by atoms with van der Waals surface area (Å²) in [7, 11) is 1.37. The molecule has 0 aliphatic carbocycles. The average molecular weight is 198 g/mol. The van der Waals surface area contributed by atoms with E-state index >= 15 is 0 Å². The Morgan fingerprint density at radius 1 is 1.07 bits per heavy atom. The summed E-state index contributed by atoms with van der Waals surface area (Å²) < 4.78 is 4.50. The molecule has 0 aromatic heterocycles. The fraction of sp³-hybridized carbons (Fsp3) is 0.417. The number of carbonyl (C=O) groups excluding carboxylic acids is 1. The lowest BCUT2D eigenvalue weighted by atomic mass is 10.2. The number of hydrogen-bond acceptors (Lipinski definition) is 2. The Morgan fingerprint density at radius 2 is 1.50 bits per heavy atom. The molecule has 0 unspecified atom stereocenters. The molecule has 0 bridgehead atoms. The van der Waals surface area contributed by atoms with Crippen molar-refractivity contribution in [3.05, 3.63) is 35.9 Å². The van der Waals surface area contributed by atoms with Gasteiger partial charge in [0.15, 0.2) is 0 Å². The van der Waals surface area contributed by atoms with E-state index in [4.69, 9.17) is 0 Å². The maximum absolute atomic E-state index is 10.8. The SMILES string of the molecule is C.C.CC.COC(=O)c1ccccc1. The van der Waals surface area contributed by atoms with E-state index < -0.39 is 0 Å². The molecule has 0 N–H and O–H groups in total. The average Bonchev–Trinajstić information content (AvgIpc) is 2.21. The van der Waals surface area contributed by atoms with Crippen molar-refractivity contribution >= 4 is 5.97 Å². The Bertz CT molecular complexity index is 217. The molecule has 0 aliphatic heterocycles. The molecule has 0 amide bonds. The quantitative estimate of drug-likeness (QED) is 0.642. The third-order valence-corrected chi connectivity index (χ3v) is 1.19. The predicted molar refractivity (Wildman–Crippen MR) is 62.6 cm³/mol. The molecule has 0 radical (unpaired) electrons. The van der Waals surface area contributed by atoms with Crippen LogP contribution in [0.3, 0.4) is 0 Å². The summed E-state index contributed by atoms with van der Waals surface area (Å²) in [5, 5.41) is 0. The maximum atomic E-state index is 10.8. The summed E-state index contributed by atoms with van der Waals surface area (Å²) in [6.45, 7) is 4.00. The highest BCUT2D eigenvalue weighted by Crippen LogP contribution is 1.98. The molecular formula is C12H22O2. The molecule has 0 spiro atoms. The number of benzene rings is 1. The van der Waals surface area contributed by atoms with Crippen molar-refractivity contribution in [1.82, 2.24) is 0 Å². The second-order valence-electron chi connectivity index (χ2n) is 1.86. The van der Waals surface area contributed by atoms with Crippen LogP contribution >= 0.6 is 0 Å². The molecule has 0 fully saturated rings. The normalized spacial score (nSPS) is 6.79. The van der Waals surface area contributed by atoms with Crippen LogP contribution < -0.4 is 0 Å². The van der Waals surface area contributed by atoms with Gasteiger partial charge in [0, 0.05) is 0 Å². The van der Waals surface area contributed by atoms with E-state index in [1.165, 1.54) is 7.11 Å². The number of carbonyl (C=O) groups is 1. The summed E-state index contributed by atoms with van der Waals surface area (Å²) in [6, 6.07) is 8.88. The van der Waals surface area contributed by atoms with Crippen molar-refractivity contribution in [3.63, 3.8) is 0 Å². The first-order chi connectivity index (χ1) is 5.84. The smallest absolute Gasteiger partial charge is 0.337 e. The van der Waals surface area contributed by atoms with E-state index in [1.807, 2.05) is 19.9 Å². The summed E-state index contributed by atoms with van der Waals surface area (Å²) in [4.78, 5) is 10.8. The second kappa shape index (κ2) is 11.7. The van der Waals surface area contributed by atoms with Gasteiger partial charge in [0.05, 0.1) is 12.7 Å². The zero-order chi connectivity index (χ0) is 9.40. The van der Waals surface area contributed by atoms with Gasteiger partial charge < -0.3 is 4.74 Å². The fourth-order valence-electron chi connectivity index (χ4n) is 0.692. The molecular weight excluding hydrogens is 176 g/mol. The largest absolute Gasteiger partial charge is 0.465 e. The Kier molecular flexibility index (Phi) is 15.4. The molecule has 1 aromatic rings. The van der Waals surface area contributed by atoms with Crippen molar-refractivity contribution in [2.45, 2.75) is 28.7 Å². The van der Waals surface area contributed by atoms with E-state index in [-0.39, 0.29) is 20.8 Å². The lowest BCUT2D eigenvalue weighted by Crippen LogP contribution is -1.99. The molecule has 0 atom stereocenters. The Hall–Kier alpha value is -1.31. The monoisotopic (exact) mass is 198 g/mol. The van der Waals surface area contributed by atoms with E-state index in [1.54, 1.807) is 24.3 Å². The topological polar surface area (TPSA) is 26.3 Å². The van der Waals surface area contributed by atoms with Gasteiger partial charge in [-0.3, -0.25) is 0 Å². The predicted octanol–water partition coefficient (Wildman–Crippen LogP) is 3.77. The van der Waals surface area contributed by atoms with Crippen LogP contribution in [0.2, 0.25) is 0 Å². The Balaban J connectivity index is -0.000000284. The van der Waals surface area contributed by atoms with Crippen molar-refractivity contribution in [2.24, 2.45) is 0 Å². The van der Waals surface area contributed by atoms with Crippen LogP contribution in [-0.4, -0.2) is 13.1 Å². The van der Waals surface area contributed by atoms with Crippen LogP contribution in [0.1, 0.15) is 39.1 Å². The molecule has 0 aliphatic rings. The third-order valence-electron chi connectivity index (χ3n) is 1.19. The highest BCUT2D eigenvalue weighted by Gasteiger charge is 2.00. The number of rotatable bonds is 1. The zero-order valence-electron chi connectivity index (χ0n) is 7.70. The molecule has 82 valence electrons. The highest BCUT2D eigenvalue weighted by molar-refractivity contribution is 5.89. The number of esters is 1. The van der Waals surface area contributed by atoms with Crippen LogP contribution in [0.5, 0.6) is 0 Å². The van der Waals surface area contributed by atoms with Crippen LogP contribution in [0, 0.1) is 0 Å². The second-order valence-corrected chi connectivity index (χ2v) is 1.86. The van der Waals surface area contributed by atoms with Crippen LogP contribution in [0.4, 0.5) is 0 Å². The third kappa shape index (κ3) is 6.23. The van der Waals surface area contributed by atoms with E-state index in [0.29, 0.717) is 5.56 Å². The summed E-state index contributed by atoms with van der Waals surface area (Å²) in [5.74, 6) is -0.291. The van der Waals surface area contributed by atoms with Crippen LogP contribution in [0.15, 0.2) is 30.3 Å². The van der Waals surface area contributed by atoms with Gasteiger partial charge in [0.25, 0.3) is 0 Å². The lowest BCUT2D eigenvalue weighted by molar-refractivity contribution is 0.0601. The van der Waals surface area contributed by atoms with Crippen molar-refractivity contribution in [3.8, 4) is 0 Å². The van der Waals surface area contributed by atoms with Gasteiger partial charge >= 0.3 is 5.97 Å². The standard InChI is InChI=1S/C8H8O2.C2H6.2CH4/c1-10-8(9)7-5-3-2-4-6-7;1-2;;/h2-6H,1H3;1-2H3;2*1H4. The zero-order valence-corrected chi connectivity index (χ0v) is 7.70. The van der Waals surface area contributed by atoms with E-state index in [2.05, 4.69) is 4.74 Å². The summed E-state index contributed by atoms with van der Waals surface area (Å²) >= 11 is 0. The van der Waals surface area contributed by atoms with Gasteiger partial charge in [-0.15, -0.1) is 0 Å². The number of methoxy groups -OCH3 is 1. The van der Waals surface area contributed by atoms with Gasteiger partial charge in [0.2, 0.25) is 0 Å². The number of ether oxygens (including phenoxy) is 1. The van der Waals surface area contributed by atoms with Crippen molar-refractivity contribution < 1.29 is 9.53 Å². The Morgan fingerprint density at radius 3 is 1.86 bits per heavy atom. The highest BCUT2D eigenvalue weighted by atomic mass is 16.5. The van der Waals surface area contributed by atoms with Crippen LogP contribution in [-0.2, 0) is 4.74 Å². The Labute approximate surface area is 87.9 Å². The molecule has 1 rings (SSSR count). The minimum atomic E-state index is -0.291. The molecule has 14 heavy (non-hydrogen) atoms. The van der Waals surface area contributed by atoms with Gasteiger partial charge in [-0.25, -0.2) is 4.79 Å². The molecule has 1 aromatic carbocycles. The first-order valence-corrected chi connectivity index (χ1v) is 3.98. The van der Waals surface area contributed by atoms with Gasteiger partial charge in [0.1, 0.15) is 0 Å². The van der Waals surface area contributed by atoms with Gasteiger partial charge in [-0.05, 0) is 12.1 Å². The molecule has 0 heterocycles. The minimum Gasteiger partial charge on any atom is -0.465 e. The first kappa shape index (κ1) is 18.5. The van der Waals surface area contributed by atoms with E-state index in [0.717, 1.165) is 0 Å². The van der Waals surface area contributed by atoms with Gasteiger partial charge in [-0.2, -0.15) is 0 Å². The number of hydrogen-bond donors (Lipinski definition) is 0. The first-order valence-electron chi connectivity index (χ1n) is 3.98. The minimum absolute atomic E-state index is 0. The van der Waals surface area contributed by atoms with Crippen molar-refractivity contribution in [1.29, 1.82) is 0 Å². The van der Waals surface area contributed by atoms with Crippen LogP contribution in [0.25, 0.3) is 0 Å². The van der Waals surface area contributed by atoms with Crippen molar-refractivity contribution in [2.75, 3.05) is 7.11 Å². The van der Waals surface area contributed by atoms with Gasteiger partial charge in [-0.1, -0.05) is 46.9 Å². The summed E-state index contributed by atoms with van der Waals surface area (Å²) in [5.41, 5.74) is 0.588. The fourth-order valence-corrected chi connectivity index (χ4v) is 0.692. The maximum Gasteiger partial charge on any atom is 0.337 e. The molecule has 2 nitrogen and oxygen atoms in total.